The first-order valence-corrected chi connectivity index (χ1v) is 7.87. The third-order valence-electron chi connectivity index (χ3n) is 4.04. The molecule has 1 unspecified atom stereocenters. The lowest BCUT2D eigenvalue weighted by molar-refractivity contribution is 0.235. The van der Waals surface area contributed by atoms with E-state index in [1.165, 1.54) is 18.9 Å². The molecular weight excluding hydrogens is 265 g/mol. The average Bonchev–Trinajstić information content (AvgIpc) is 2.99. The first kappa shape index (κ1) is 15.9. The Labute approximate surface area is 126 Å². The summed E-state index contributed by atoms with van der Waals surface area (Å²) < 4.78 is 14.0. The van der Waals surface area contributed by atoms with E-state index in [0.717, 1.165) is 32.5 Å². The van der Waals surface area contributed by atoms with Crippen LogP contribution in [0, 0.1) is 17.1 Å². The number of nitrogens with zero attached hydrogens (tertiary/aromatic N) is 2. The summed E-state index contributed by atoms with van der Waals surface area (Å²) in [5.74, 6) is -0.269. The van der Waals surface area contributed by atoms with Crippen LogP contribution in [0.4, 0.5) is 4.39 Å². The maximum absolute atomic E-state index is 14.0. The molecule has 1 N–H and O–H groups in total. The van der Waals surface area contributed by atoms with Crippen LogP contribution in [0.2, 0.25) is 0 Å². The summed E-state index contributed by atoms with van der Waals surface area (Å²) in [4.78, 5) is 2.33. The Bertz CT molecular complexity index is 489. The Morgan fingerprint density at radius 3 is 2.95 bits per heavy atom. The van der Waals surface area contributed by atoms with Crippen LogP contribution in [0.25, 0.3) is 0 Å². The standard InChI is InChI=1S/C17H24FN3/c1-2-3-9-21(13-16-5-4-8-20-16)12-15-7-6-14(11-19)10-17(15)18/h6-7,10,16,20H,2-5,8-9,12-13H2,1H3. The molecule has 1 aromatic carbocycles. The minimum Gasteiger partial charge on any atom is -0.313 e. The molecule has 0 radical (unpaired) electrons. The van der Waals surface area contributed by atoms with Crippen molar-refractivity contribution in [1.82, 2.24) is 10.2 Å². The first-order valence-electron chi connectivity index (χ1n) is 7.87. The lowest BCUT2D eigenvalue weighted by Crippen LogP contribution is -2.37. The van der Waals surface area contributed by atoms with E-state index in [2.05, 4.69) is 17.1 Å². The molecule has 1 fully saturated rings. The molecule has 1 heterocycles. The molecule has 0 aliphatic carbocycles. The molecule has 1 aliphatic rings. The molecule has 0 aromatic heterocycles. The Hall–Kier alpha value is -1.44. The fourth-order valence-corrected chi connectivity index (χ4v) is 2.83. The van der Waals surface area contributed by atoms with E-state index in [9.17, 15) is 4.39 Å². The number of nitriles is 1. The highest BCUT2D eigenvalue weighted by molar-refractivity contribution is 5.32. The predicted octanol–water partition coefficient (Wildman–Crippen LogP) is 3.05. The van der Waals surface area contributed by atoms with Gasteiger partial charge in [0.2, 0.25) is 0 Å². The molecule has 3 nitrogen and oxygen atoms in total. The number of hydrogen-bond donors (Lipinski definition) is 1. The SMILES string of the molecule is CCCCN(Cc1ccc(C#N)cc1F)CC1CCCN1. The Balaban J connectivity index is 2.01. The van der Waals surface area contributed by atoms with Crippen LogP contribution in [0.1, 0.15) is 43.7 Å². The smallest absolute Gasteiger partial charge is 0.129 e. The summed E-state index contributed by atoms with van der Waals surface area (Å²) in [5.41, 5.74) is 1.07. The lowest BCUT2D eigenvalue weighted by atomic mass is 10.1. The molecule has 4 heteroatoms. The molecule has 21 heavy (non-hydrogen) atoms. The molecule has 114 valence electrons. The second-order valence-electron chi connectivity index (χ2n) is 5.80. The van der Waals surface area contributed by atoms with Crippen molar-refractivity contribution in [3.8, 4) is 6.07 Å². The number of hydrogen-bond acceptors (Lipinski definition) is 3. The monoisotopic (exact) mass is 289 g/mol. The van der Waals surface area contributed by atoms with Gasteiger partial charge in [0.15, 0.2) is 0 Å². The molecule has 1 aromatic rings. The first-order chi connectivity index (χ1) is 10.2. The topological polar surface area (TPSA) is 39.1 Å². The van der Waals surface area contributed by atoms with E-state index >= 15 is 0 Å². The zero-order chi connectivity index (χ0) is 15.1. The van der Waals surface area contributed by atoms with E-state index in [-0.39, 0.29) is 5.82 Å². The zero-order valence-corrected chi connectivity index (χ0v) is 12.7. The molecule has 0 amide bonds. The van der Waals surface area contributed by atoms with E-state index in [1.54, 1.807) is 12.1 Å². The van der Waals surface area contributed by atoms with Crippen molar-refractivity contribution in [3.63, 3.8) is 0 Å². The van der Waals surface area contributed by atoms with Crippen molar-refractivity contribution in [2.24, 2.45) is 0 Å². The number of halogens is 1. The minimum absolute atomic E-state index is 0.269. The van der Waals surface area contributed by atoms with Crippen molar-refractivity contribution < 1.29 is 4.39 Å². The van der Waals surface area contributed by atoms with Crippen LogP contribution in [-0.4, -0.2) is 30.6 Å². The average molecular weight is 289 g/mol. The van der Waals surface area contributed by atoms with Gasteiger partial charge in [-0.1, -0.05) is 19.4 Å². The lowest BCUT2D eigenvalue weighted by Gasteiger charge is -2.26. The van der Waals surface area contributed by atoms with Crippen molar-refractivity contribution in [2.75, 3.05) is 19.6 Å². The van der Waals surface area contributed by atoms with Crippen LogP contribution in [-0.2, 0) is 6.54 Å². The quantitative estimate of drug-likeness (QED) is 0.838. The third kappa shape index (κ3) is 4.80. The molecule has 0 bridgehead atoms. The van der Waals surface area contributed by atoms with Gasteiger partial charge in [-0.2, -0.15) is 5.26 Å². The van der Waals surface area contributed by atoms with Gasteiger partial charge < -0.3 is 5.32 Å². The normalized spacial score (nSPS) is 18.1. The van der Waals surface area contributed by atoms with Gasteiger partial charge in [-0.25, -0.2) is 4.39 Å². The summed E-state index contributed by atoms with van der Waals surface area (Å²) in [6.45, 7) is 5.86. The van der Waals surface area contributed by atoms with Crippen molar-refractivity contribution in [3.05, 3.63) is 35.1 Å². The number of nitrogens with one attached hydrogen (secondary N) is 1. The van der Waals surface area contributed by atoms with Gasteiger partial charge in [0, 0.05) is 24.7 Å². The highest BCUT2D eigenvalue weighted by Gasteiger charge is 2.18. The molecule has 0 saturated carbocycles. The van der Waals surface area contributed by atoms with Gasteiger partial charge in [-0.3, -0.25) is 4.90 Å². The number of rotatable bonds is 7. The molecule has 1 aliphatic heterocycles. The van der Waals surface area contributed by atoms with Crippen LogP contribution < -0.4 is 5.32 Å². The summed E-state index contributed by atoms with van der Waals surface area (Å²) in [6, 6.07) is 7.29. The maximum Gasteiger partial charge on any atom is 0.129 e. The Kier molecular flexibility index (Phi) is 6.16. The third-order valence-corrected chi connectivity index (χ3v) is 4.04. The minimum atomic E-state index is -0.269. The van der Waals surface area contributed by atoms with Gasteiger partial charge in [-0.15, -0.1) is 0 Å². The highest BCUT2D eigenvalue weighted by Crippen LogP contribution is 2.15. The van der Waals surface area contributed by atoms with Crippen LogP contribution in [0.15, 0.2) is 18.2 Å². The zero-order valence-electron chi connectivity index (χ0n) is 12.7. The van der Waals surface area contributed by atoms with Crippen LogP contribution in [0.5, 0.6) is 0 Å². The molecule has 1 saturated heterocycles. The van der Waals surface area contributed by atoms with Gasteiger partial charge in [-0.05, 0) is 44.5 Å². The van der Waals surface area contributed by atoms with Crippen LogP contribution >= 0.6 is 0 Å². The Morgan fingerprint density at radius 1 is 1.48 bits per heavy atom. The number of benzene rings is 1. The maximum atomic E-state index is 14.0. The van der Waals surface area contributed by atoms with Gasteiger partial charge in [0.05, 0.1) is 11.6 Å². The fourth-order valence-electron chi connectivity index (χ4n) is 2.83. The van der Waals surface area contributed by atoms with Gasteiger partial charge in [0.1, 0.15) is 5.82 Å². The summed E-state index contributed by atoms with van der Waals surface area (Å²) in [6.07, 6.45) is 4.71. The second kappa shape index (κ2) is 8.11. The molecule has 2 rings (SSSR count). The molecular formula is C17H24FN3. The highest BCUT2D eigenvalue weighted by atomic mass is 19.1. The predicted molar refractivity (Wildman–Crippen MR) is 82.3 cm³/mol. The van der Waals surface area contributed by atoms with Crippen molar-refractivity contribution in [1.29, 1.82) is 5.26 Å². The summed E-state index contributed by atoms with van der Waals surface area (Å²) in [7, 11) is 0. The van der Waals surface area contributed by atoms with Crippen LogP contribution in [0.3, 0.4) is 0 Å². The van der Waals surface area contributed by atoms with E-state index in [4.69, 9.17) is 5.26 Å². The van der Waals surface area contributed by atoms with E-state index in [1.807, 2.05) is 6.07 Å². The summed E-state index contributed by atoms with van der Waals surface area (Å²) in [5, 5.41) is 12.3. The molecule has 1 atom stereocenters. The second-order valence-corrected chi connectivity index (χ2v) is 5.80. The Morgan fingerprint density at radius 2 is 2.33 bits per heavy atom. The van der Waals surface area contributed by atoms with E-state index < -0.39 is 0 Å². The molecule has 0 spiro atoms. The summed E-state index contributed by atoms with van der Waals surface area (Å²) >= 11 is 0. The fraction of sp³-hybridized carbons (Fsp3) is 0.588. The largest absolute Gasteiger partial charge is 0.313 e. The van der Waals surface area contributed by atoms with Crippen molar-refractivity contribution in [2.45, 2.75) is 45.2 Å². The van der Waals surface area contributed by atoms with E-state index in [0.29, 0.717) is 23.7 Å². The van der Waals surface area contributed by atoms with Gasteiger partial charge in [0.25, 0.3) is 0 Å². The van der Waals surface area contributed by atoms with Crippen molar-refractivity contribution >= 4 is 0 Å². The van der Waals surface area contributed by atoms with Gasteiger partial charge >= 0.3 is 0 Å². The number of unbranched alkanes of at least 4 members (excludes halogenated alkanes) is 1.